The Morgan fingerprint density at radius 3 is 1.91 bits per heavy atom. The van der Waals surface area contributed by atoms with Gasteiger partial charge in [0.2, 0.25) is 11.8 Å². The van der Waals surface area contributed by atoms with Crippen molar-refractivity contribution >= 4 is 5.97 Å². The van der Waals surface area contributed by atoms with Crippen molar-refractivity contribution in [2.24, 2.45) is 0 Å². The van der Waals surface area contributed by atoms with E-state index in [4.69, 9.17) is 4.74 Å². The van der Waals surface area contributed by atoms with Crippen LogP contribution in [0.1, 0.15) is 11.1 Å². The zero-order valence-corrected chi connectivity index (χ0v) is 14.5. The van der Waals surface area contributed by atoms with E-state index in [0.717, 1.165) is 0 Å². The van der Waals surface area contributed by atoms with Crippen LogP contribution >= 0.6 is 0 Å². The molecule has 2 aromatic rings. The molecule has 1 atom stereocenters. The first kappa shape index (κ1) is 19.3. The molecule has 0 amide bonds. The highest BCUT2D eigenvalue weighted by atomic mass is 79.9. The summed E-state index contributed by atoms with van der Waals surface area (Å²) in [6, 6.07) is 17.5. The second kappa shape index (κ2) is 8.79. The molecule has 5 N–H and O–H groups in total. The molecule has 0 heterocycles. The van der Waals surface area contributed by atoms with E-state index >= 15 is 0 Å². The van der Waals surface area contributed by atoms with E-state index in [0.29, 0.717) is 17.7 Å². The standard InChI is InChI=1S/C17H20N2O3.BrH/c1-19-15(12-18)22-16(20)17(21,13-8-4-2-5-9-13)14-10-6-3-7-11-14;/h2-11,15,19,21H,12,18H2,1H3;1H/t15-;/m1./s1. The van der Waals surface area contributed by atoms with E-state index in [2.05, 4.69) is 11.1 Å². The Labute approximate surface area is 146 Å². The third kappa shape index (κ3) is 4.17. The van der Waals surface area contributed by atoms with Gasteiger partial charge in [-0.15, -0.1) is 0 Å². The van der Waals surface area contributed by atoms with Crippen LogP contribution in [-0.4, -0.2) is 30.9 Å². The average Bonchev–Trinajstić information content (AvgIpc) is 2.60. The fourth-order valence-electron chi connectivity index (χ4n) is 2.24. The summed E-state index contributed by atoms with van der Waals surface area (Å²) >= 11 is 0. The summed E-state index contributed by atoms with van der Waals surface area (Å²) in [5, 5.41) is 14.0. The van der Waals surface area contributed by atoms with Gasteiger partial charge in [-0.1, -0.05) is 60.7 Å². The minimum atomic E-state index is -1.85. The molecule has 0 saturated heterocycles. The van der Waals surface area contributed by atoms with Gasteiger partial charge in [-0.3, -0.25) is 5.32 Å². The SMILES string of the molecule is CN[C@@H](C[NH3+])OC(=O)C(O)(c1ccccc1)c1ccccc1.[Br-]. The molecular weight excluding hydrogens is 360 g/mol. The van der Waals surface area contributed by atoms with Gasteiger partial charge in [0.15, 0.2) is 0 Å². The van der Waals surface area contributed by atoms with Gasteiger partial charge in [0.05, 0.1) is 0 Å². The van der Waals surface area contributed by atoms with Crippen molar-refractivity contribution < 1.29 is 37.4 Å². The number of nitrogens with one attached hydrogen (secondary N) is 1. The van der Waals surface area contributed by atoms with Crippen LogP contribution in [0.15, 0.2) is 60.7 Å². The number of rotatable bonds is 6. The van der Waals surface area contributed by atoms with Gasteiger partial charge in [-0.2, -0.15) is 0 Å². The number of aliphatic hydroxyl groups is 1. The molecule has 0 fully saturated rings. The first-order valence-electron chi connectivity index (χ1n) is 7.14. The van der Waals surface area contributed by atoms with Crippen molar-refractivity contribution in [3.05, 3.63) is 71.8 Å². The molecular formula is C17H21BrN2O3. The Balaban J connectivity index is 0.00000264. The van der Waals surface area contributed by atoms with Crippen molar-refractivity contribution in [3.8, 4) is 0 Å². The van der Waals surface area contributed by atoms with Crippen LogP contribution in [0.4, 0.5) is 0 Å². The van der Waals surface area contributed by atoms with Gasteiger partial charge in [0, 0.05) is 0 Å². The van der Waals surface area contributed by atoms with E-state index < -0.39 is 17.8 Å². The first-order valence-corrected chi connectivity index (χ1v) is 7.14. The maximum Gasteiger partial charge on any atom is 0.349 e. The van der Waals surface area contributed by atoms with E-state index in [1.807, 2.05) is 12.1 Å². The molecule has 6 heteroatoms. The zero-order valence-electron chi connectivity index (χ0n) is 12.9. The van der Waals surface area contributed by atoms with Crippen LogP contribution < -0.4 is 28.0 Å². The first-order chi connectivity index (χ1) is 10.6. The normalized spacial score (nSPS) is 12.1. The summed E-state index contributed by atoms with van der Waals surface area (Å²) in [5.41, 5.74) is 2.79. The van der Waals surface area contributed by atoms with Crippen LogP contribution in [0.25, 0.3) is 0 Å². The summed E-state index contributed by atoms with van der Waals surface area (Å²) < 4.78 is 5.36. The van der Waals surface area contributed by atoms with Gasteiger partial charge in [0.1, 0.15) is 6.54 Å². The number of benzene rings is 2. The average molecular weight is 381 g/mol. The molecule has 0 saturated carbocycles. The highest BCUT2D eigenvalue weighted by molar-refractivity contribution is 5.85. The van der Waals surface area contributed by atoms with Crippen molar-refractivity contribution in [3.63, 3.8) is 0 Å². The monoisotopic (exact) mass is 380 g/mol. The van der Waals surface area contributed by atoms with Crippen LogP contribution in [0, 0.1) is 0 Å². The number of carbonyl (C=O) groups is 1. The molecule has 23 heavy (non-hydrogen) atoms. The highest BCUT2D eigenvalue weighted by Crippen LogP contribution is 2.31. The summed E-state index contributed by atoms with van der Waals surface area (Å²) in [6.07, 6.45) is -0.550. The molecule has 0 unspecified atom stereocenters. The van der Waals surface area contributed by atoms with E-state index in [1.165, 1.54) is 0 Å². The number of ether oxygens (including phenoxy) is 1. The van der Waals surface area contributed by atoms with E-state index in [9.17, 15) is 9.90 Å². The number of carbonyl (C=O) groups excluding carboxylic acids is 1. The number of likely N-dealkylation sites (N-methyl/N-ethyl adjacent to an activating group) is 1. The number of hydrogen-bond acceptors (Lipinski definition) is 4. The molecule has 0 aliphatic heterocycles. The highest BCUT2D eigenvalue weighted by Gasteiger charge is 2.42. The molecule has 0 aromatic heterocycles. The summed E-state index contributed by atoms with van der Waals surface area (Å²) in [5.74, 6) is -0.729. The minimum absolute atomic E-state index is 0. The second-order valence-electron chi connectivity index (χ2n) is 4.91. The van der Waals surface area contributed by atoms with Crippen LogP contribution in [0.5, 0.6) is 0 Å². The van der Waals surface area contributed by atoms with Gasteiger partial charge in [-0.25, -0.2) is 4.79 Å². The van der Waals surface area contributed by atoms with Crippen molar-refractivity contribution in [1.82, 2.24) is 5.32 Å². The fraction of sp³-hybridized carbons (Fsp3) is 0.235. The third-order valence-corrected chi connectivity index (χ3v) is 3.51. The lowest BCUT2D eigenvalue weighted by atomic mass is 9.86. The number of quaternary nitrogens is 1. The predicted molar refractivity (Wildman–Crippen MR) is 82.6 cm³/mol. The van der Waals surface area contributed by atoms with Crippen molar-refractivity contribution in [2.45, 2.75) is 11.8 Å². The molecule has 124 valence electrons. The predicted octanol–water partition coefficient (Wildman–Crippen LogP) is -2.74. The molecule has 0 radical (unpaired) electrons. The number of halogens is 1. The van der Waals surface area contributed by atoms with E-state index in [1.54, 1.807) is 55.6 Å². The molecule has 2 rings (SSSR count). The van der Waals surface area contributed by atoms with Gasteiger partial charge in [0.25, 0.3) is 0 Å². The number of esters is 1. The van der Waals surface area contributed by atoms with Crippen molar-refractivity contribution in [2.75, 3.05) is 13.6 Å². The Hall–Kier alpha value is -1.73. The fourth-order valence-corrected chi connectivity index (χ4v) is 2.24. The lowest BCUT2D eigenvalue weighted by Gasteiger charge is -2.28. The molecule has 0 bridgehead atoms. The topological polar surface area (TPSA) is 86.2 Å². The largest absolute Gasteiger partial charge is 1.00 e. The molecule has 0 aliphatic carbocycles. The Bertz CT molecular complexity index is 564. The quantitative estimate of drug-likeness (QED) is 0.374. The maximum atomic E-state index is 12.7. The van der Waals surface area contributed by atoms with Gasteiger partial charge >= 0.3 is 5.97 Å². The molecule has 0 aliphatic rings. The third-order valence-electron chi connectivity index (χ3n) is 3.51. The summed E-state index contributed by atoms with van der Waals surface area (Å²) in [6.45, 7) is 0.363. The Morgan fingerprint density at radius 1 is 1.13 bits per heavy atom. The Kier molecular flexibility index (Phi) is 7.38. The Morgan fingerprint density at radius 2 is 1.57 bits per heavy atom. The van der Waals surface area contributed by atoms with Crippen LogP contribution in [0.2, 0.25) is 0 Å². The van der Waals surface area contributed by atoms with Gasteiger partial charge < -0.3 is 32.6 Å². The second-order valence-corrected chi connectivity index (χ2v) is 4.91. The lowest BCUT2D eigenvalue weighted by molar-refractivity contribution is -0.386. The molecule has 0 spiro atoms. The van der Waals surface area contributed by atoms with Crippen molar-refractivity contribution in [1.29, 1.82) is 0 Å². The molecule has 5 nitrogen and oxygen atoms in total. The van der Waals surface area contributed by atoms with E-state index in [-0.39, 0.29) is 17.0 Å². The van der Waals surface area contributed by atoms with Crippen LogP contribution in [-0.2, 0) is 15.1 Å². The summed E-state index contributed by atoms with van der Waals surface area (Å²) in [7, 11) is 1.67. The lowest BCUT2D eigenvalue weighted by Crippen LogP contribution is -3.00. The summed E-state index contributed by atoms with van der Waals surface area (Å²) in [4.78, 5) is 12.7. The smallest absolute Gasteiger partial charge is 0.349 e. The zero-order chi connectivity index (χ0) is 16.0. The molecule has 2 aromatic carbocycles. The number of hydrogen-bond donors (Lipinski definition) is 3. The van der Waals surface area contributed by atoms with Crippen LogP contribution in [0.3, 0.4) is 0 Å². The maximum absolute atomic E-state index is 12.7. The van der Waals surface area contributed by atoms with Gasteiger partial charge in [-0.05, 0) is 18.2 Å². The minimum Gasteiger partial charge on any atom is -1.00 e.